The van der Waals surface area contributed by atoms with Gasteiger partial charge >= 0.3 is 0 Å². The quantitative estimate of drug-likeness (QED) is 0.590. The number of para-hydroxylation sites is 1. The summed E-state index contributed by atoms with van der Waals surface area (Å²) in [6.45, 7) is 4.02. The molecule has 2 aromatic carbocycles. The van der Waals surface area contributed by atoms with Crippen molar-refractivity contribution >= 4 is 39.1 Å². The van der Waals surface area contributed by atoms with E-state index >= 15 is 0 Å². The van der Waals surface area contributed by atoms with Gasteiger partial charge in [-0.15, -0.1) is 0 Å². The molecule has 0 bridgehead atoms. The standard InChI is InChI=1S/C20H20ClFN2O3S/c1-20(2,27-14-9-7-13(21)8-10-14)18(25)23-19-24(11-12-26-3)17-15(22)5-4-6-16(17)28-19/h4-10H,11-12H2,1-3H3. The van der Waals surface area contributed by atoms with Crippen LogP contribution >= 0.6 is 22.9 Å². The molecule has 0 spiro atoms. The molecule has 0 atom stereocenters. The van der Waals surface area contributed by atoms with Crippen LogP contribution in [0.3, 0.4) is 0 Å². The highest BCUT2D eigenvalue weighted by Gasteiger charge is 2.30. The summed E-state index contributed by atoms with van der Waals surface area (Å²) in [7, 11) is 1.57. The van der Waals surface area contributed by atoms with Crippen LogP contribution in [-0.2, 0) is 16.1 Å². The molecule has 5 nitrogen and oxygen atoms in total. The smallest absolute Gasteiger partial charge is 0.291 e. The first-order valence-corrected chi connectivity index (χ1v) is 9.82. The number of hydrogen-bond donors (Lipinski definition) is 0. The molecule has 0 aliphatic carbocycles. The molecule has 0 N–H and O–H groups in total. The van der Waals surface area contributed by atoms with Crippen LogP contribution in [0, 0.1) is 5.82 Å². The number of thiazole rings is 1. The minimum atomic E-state index is -1.21. The van der Waals surface area contributed by atoms with Crippen molar-refractivity contribution in [3.63, 3.8) is 0 Å². The Morgan fingerprint density at radius 3 is 2.64 bits per heavy atom. The van der Waals surface area contributed by atoms with Crippen LogP contribution < -0.4 is 9.54 Å². The molecule has 1 heterocycles. The second-order valence-electron chi connectivity index (χ2n) is 6.60. The molecule has 1 aromatic heterocycles. The van der Waals surface area contributed by atoms with Crippen LogP contribution in [0.25, 0.3) is 10.2 Å². The summed E-state index contributed by atoms with van der Waals surface area (Å²) in [4.78, 5) is 17.5. The van der Waals surface area contributed by atoms with E-state index in [-0.39, 0.29) is 5.82 Å². The molecule has 8 heteroatoms. The third kappa shape index (κ3) is 4.43. The summed E-state index contributed by atoms with van der Waals surface area (Å²) >= 11 is 7.13. The largest absolute Gasteiger partial charge is 0.478 e. The molecule has 1 amide bonds. The number of rotatable bonds is 6. The fourth-order valence-corrected chi connectivity index (χ4v) is 3.82. The average molecular weight is 423 g/mol. The van der Waals surface area contributed by atoms with E-state index in [1.54, 1.807) is 61.9 Å². The van der Waals surface area contributed by atoms with E-state index in [4.69, 9.17) is 21.1 Å². The fraction of sp³-hybridized carbons (Fsp3) is 0.300. The van der Waals surface area contributed by atoms with E-state index in [1.165, 1.54) is 17.4 Å². The van der Waals surface area contributed by atoms with Gasteiger partial charge in [-0.1, -0.05) is 29.0 Å². The molecule has 148 valence electrons. The number of ether oxygens (including phenoxy) is 2. The van der Waals surface area contributed by atoms with Gasteiger partial charge in [-0.3, -0.25) is 4.79 Å². The maximum Gasteiger partial charge on any atom is 0.291 e. The lowest BCUT2D eigenvalue weighted by molar-refractivity contribution is -0.130. The first-order valence-electron chi connectivity index (χ1n) is 8.62. The monoisotopic (exact) mass is 422 g/mol. The number of benzene rings is 2. The zero-order valence-electron chi connectivity index (χ0n) is 15.7. The molecule has 0 aliphatic heterocycles. The first-order chi connectivity index (χ1) is 13.3. The number of carbonyl (C=O) groups excluding carboxylic acids is 1. The van der Waals surface area contributed by atoms with Gasteiger partial charge in [0, 0.05) is 18.7 Å². The molecular weight excluding hydrogens is 403 g/mol. The zero-order chi connectivity index (χ0) is 20.3. The van der Waals surface area contributed by atoms with Crippen LogP contribution in [0.15, 0.2) is 47.5 Å². The Morgan fingerprint density at radius 1 is 1.25 bits per heavy atom. The molecule has 0 unspecified atom stereocenters. The van der Waals surface area contributed by atoms with Crippen molar-refractivity contribution in [2.45, 2.75) is 26.0 Å². The SMILES string of the molecule is COCCn1c(=NC(=O)C(C)(C)Oc2ccc(Cl)cc2)sc2cccc(F)c21. The van der Waals surface area contributed by atoms with E-state index in [0.717, 1.165) is 0 Å². The van der Waals surface area contributed by atoms with Crippen molar-refractivity contribution in [2.24, 2.45) is 4.99 Å². The highest BCUT2D eigenvalue weighted by molar-refractivity contribution is 7.16. The number of nitrogens with zero attached hydrogens (tertiary/aromatic N) is 2. The maximum atomic E-state index is 14.4. The third-order valence-corrected chi connectivity index (χ3v) is 5.37. The van der Waals surface area contributed by atoms with Crippen LogP contribution in [0.1, 0.15) is 13.8 Å². The molecule has 3 aromatic rings. The van der Waals surface area contributed by atoms with Gasteiger partial charge in [0.05, 0.1) is 16.8 Å². The molecule has 0 radical (unpaired) electrons. The van der Waals surface area contributed by atoms with Gasteiger partial charge in [0.1, 0.15) is 11.6 Å². The van der Waals surface area contributed by atoms with Crippen molar-refractivity contribution in [1.82, 2.24) is 4.57 Å². The molecular formula is C20H20ClFN2O3S. The molecule has 28 heavy (non-hydrogen) atoms. The predicted octanol–water partition coefficient (Wildman–Crippen LogP) is 4.43. The van der Waals surface area contributed by atoms with E-state index in [0.29, 0.717) is 38.9 Å². The predicted molar refractivity (Wildman–Crippen MR) is 108 cm³/mol. The van der Waals surface area contributed by atoms with Crippen LogP contribution in [0.5, 0.6) is 5.75 Å². The lowest BCUT2D eigenvalue weighted by Gasteiger charge is -2.22. The Bertz CT molecular complexity index is 1060. The molecule has 3 rings (SSSR count). The van der Waals surface area contributed by atoms with Gasteiger partial charge in [-0.2, -0.15) is 4.99 Å². The topological polar surface area (TPSA) is 52.8 Å². The number of aromatic nitrogens is 1. The third-order valence-electron chi connectivity index (χ3n) is 4.07. The highest BCUT2D eigenvalue weighted by Crippen LogP contribution is 2.23. The Balaban J connectivity index is 1.99. The lowest BCUT2D eigenvalue weighted by Crippen LogP contribution is -2.38. The molecule has 0 aliphatic rings. The van der Waals surface area contributed by atoms with Crippen molar-refractivity contribution in [3.8, 4) is 5.75 Å². The Morgan fingerprint density at radius 2 is 1.96 bits per heavy atom. The minimum absolute atomic E-state index is 0.365. The molecule has 0 fully saturated rings. The van der Waals surface area contributed by atoms with Crippen LogP contribution in [0.4, 0.5) is 4.39 Å². The second kappa shape index (κ2) is 8.43. The van der Waals surface area contributed by atoms with E-state index in [2.05, 4.69) is 4.99 Å². The van der Waals surface area contributed by atoms with Gasteiger partial charge in [0.2, 0.25) is 0 Å². The number of amides is 1. The van der Waals surface area contributed by atoms with E-state index < -0.39 is 11.5 Å². The second-order valence-corrected chi connectivity index (χ2v) is 8.04. The summed E-state index contributed by atoms with van der Waals surface area (Å²) < 4.78 is 27.7. The highest BCUT2D eigenvalue weighted by atomic mass is 35.5. The number of carbonyl (C=O) groups is 1. The van der Waals surface area contributed by atoms with Gasteiger partial charge in [-0.05, 0) is 50.2 Å². The molecule has 0 saturated carbocycles. The summed E-state index contributed by atoms with van der Waals surface area (Å²) in [5, 5.41) is 0.577. The van der Waals surface area contributed by atoms with Gasteiger partial charge < -0.3 is 14.0 Å². The fourth-order valence-electron chi connectivity index (χ4n) is 2.62. The van der Waals surface area contributed by atoms with Crippen LogP contribution in [-0.4, -0.2) is 29.8 Å². The molecule has 0 saturated heterocycles. The van der Waals surface area contributed by atoms with Crippen molar-refractivity contribution < 1.29 is 18.7 Å². The normalized spacial score (nSPS) is 12.5. The van der Waals surface area contributed by atoms with Gasteiger partial charge in [-0.25, -0.2) is 4.39 Å². The summed E-state index contributed by atoms with van der Waals surface area (Å²) in [5.74, 6) is -0.330. The van der Waals surface area contributed by atoms with Crippen LogP contribution in [0.2, 0.25) is 5.02 Å². The van der Waals surface area contributed by atoms with Gasteiger partial charge in [0.25, 0.3) is 5.91 Å². The Labute approximate surface area is 171 Å². The summed E-state index contributed by atoms with van der Waals surface area (Å²) in [5.41, 5.74) is -0.797. The Hall–Kier alpha value is -2.22. The zero-order valence-corrected chi connectivity index (χ0v) is 17.3. The van der Waals surface area contributed by atoms with Gasteiger partial charge in [0.15, 0.2) is 10.4 Å². The lowest BCUT2D eigenvalue weighted by atomic mass is 10.1. The van der Waals surface area contributed by atoms with Crippen molar-refractivity contribution in [2.75, 3.05) is 13.7 Å². The maximum absolute atomic E-state index is 14.4. The van der Waals surface area contributed by atoms with Crippen molar-refractivity contribution in [3.05, 3.63) is 58.1 Å². The average Bonchev–Trinajstić information content (AvgIpc) is 3.00. The Kier molecular flexibility index (Phi) is 6.17. The first kappa shape index (κ1) is 20.5. The van der Waals surface area contributed by atoms with E-state index in [1.807, 2.05) is 0 Å². The van der Waals surface area contributed by atoms with E-state index in [9.17, 15) is 9.18 Å². The van der Waals surface area contributed by atoms with Crippen molar-refractivity contribution in [1.29, 1.82) is 0 Å². The number of fused-ring (bicyclic) bond motifs is 1. The number of halogens is 2. The summed E-state index contributed by atoms with van der Waals surface area (Å²) in [6.07, 6.45) is 0. The number of methoxy groups -OCH3 is 1. The number of hydrogen-bond acceptors (Lipinski definition) is 4. The minimum Gasteiger partial charge on any atom is -0.478 e. The summed E-state index contributed by atoms with van der Waals surface area (Å²) in [6, 6.07) is 11.6.